The molecule has 0 aliphatic heterocycles. The predicted molar refractivity (Wildman–Crippen MR) is 105 cm³/mol. The molecule has 0 bridgehead atoms. The number of hydrogen-bond donors (Lipinski definition) is 3. The number of sulfonamides is 1. The van der Waals surface area contributed by atoms with Crippen LogP contribution in [0.3, 0.4) is 0 Å². The summed E-state index contributed by atoms with van der Waals surface area (Å²) in [6.07, 6.45) is 0. The van der Waals surface area contributed by atoms with Crippen LogP contribution in [-0.4, -0.2) is 39.4 Å². The van der Waals surface area contributed by atoms with Gasteiger partial charge >= 0.3 is 0 Å². The molecule has 3 N–H and O–H groups in total. The van der Waals surface area contributed by atoms with E-state index in [1.807, 2.05) is 6.92 Å². The number of nitrogens with one attached hydrogen (secondary N) is 3. The molecule has 0 saturated carbocycles. The molecule has 0 spiro atoms. The number of anilines is 1. The molecule has 8 nitrogen and oxygen atoms in total. The van der Waals surface area contributed by atoms with Crippen molar-refractivity contribution in [3.05, 3.63) is 54.3 Å². The minimum Gasteiger partial charge on any atom is -0.494 e. The molecule has 0 aliphatic carbocycles. The van der Waals surface area contributed by atoms with Gasteiger partial charge in [-0.2, -0.15) is 4.72 Å². The molecule has 0 heterocycles. The first-order valence-corrected chi connectivity index (χ1v) is 10.3. The fourth-order valence-corrected chi connectivity index (χ4v) is 3.62. The number of carbonyl (C=O) groups is 2. The molecule has 0 aromatic heterocycles. The first-order valence-electron chi connectivity index (χ1n) is 8.80. The topological polar surface area (TPSA) is 114 Å². The molecule has 0 saturated heterocycles. The molecule has 29 heavy (non-hydrogen) atoms. The van der Waals surface area contributed by atoms with Crippen molar-refractivity contribution >= 4 is 27.5 Å². The van der Waals surface area contributed by atoms with Crippen LogP contribution in [0.2, 0.25) is 0 Å². The summed E-state index contributed by atoms with van der Waals surface area (Å²) in [6, 6.07) is 10.3. The number of rotatable bonds is 9. The number of hydrogen-bond acceptors (Lipinski definition) is 5. The SMILES string of the molecule is CCOc1ccc(NC(=O)CNC(=O)[C@H](C)NS(=O)(=O)c2ccccc2F)cc1. The van der Waals surface area contributed by atoms with E-state index in [0.29, 0.717) is 18.0 Å². The van der Waals surface area contributed by atoms with Gasteiger partial charge < -0.3 is 15.4 Å². The highest BCUT2D eigenvalue weighted by molar-refractivity contribution is 7.89. The lowest BCUT2D eigenvalue weighted by molar-refractivity contribution is -0.125. The van der Waals surface area contributed by atoms with E-state index < -0.39 is 38.6 Å². The molecular formula is C19H22FN3O5S. The maximum atomic E-state index is 13.7. The van der Waals surface area contributed by atoms with Crippen molar-refractivity contribution in [3.8, 4) is 5.75 Å². The van der Waals surface area contributed by atoms with Crippen molar-refractivity contribution in [2.75, 3.05) is 18.5 Å². The lowest BCUT2D eigenvalue weighted by Gasteiger charge is -2.15. The maximum absolute atomic E-state index is 13.7. The highest BCUT2D eigenvalue weighted by Gasteiger charge is 2.24. The minimum absolute atomic E-state index is 0.363. The highest BCUT2D eigenvalue weighted by Crippen LogP contribution is 2.15. The van der Waals surface area contributed by atoms with Gasteiger partial charge in [0.05, 0.1) is 19.2 Å². The molecule has 1 atom stereocenters. The Balaban J connectivity index is 1.86. The van der Waals surface area contributed by atoms with E-state index >= 15 is 0 Å². The van der Waals surface area contributed by atoms with E-state index in [-0.39, 0.29) is 6.54 Å². The predicted octanol–water partition coefficient (Wildman–Crippen LogP) is 1.65. The third-order valence-corrected chi connectivity index (χ3v) is 5.30. The Kier molecular flexibility index (Phi) is 7.68. The molecule has 156 valence electrons. The molecule has 2 aromatic carbocycles. The normalized spacial score (nSPS) is 12.1. The van der Waals surface area contributed by atoms with Gasteiger partial charge in [0.1, 0.15) is 16.5 Å². The summed E-state index contributed by atoms with van der Waals surface area (Å²) in [5, 5.41) is 4.92. The summed E-state index contributed by atoms with van der Waals surface area (Å²) in [5.41, 5.74) is 0.515. The van der Waals surface area contributed by atoms with E-state index in [9.17, 15) is 22.4 Å². The quantitative estimate of drug-likeness (QED) is 0.568. The van der Waals surface area contributed by atoms with E-state index in [1.165, 1.54) is 19.1 Å². The van der Waals surface area contributed by atoms with Crippen molar-refractivity contribution < 1.29 is 27.1 Å². The molecular weight excluding hydrogens is 401 g/mol. The summed E-state index contributed by atoms with van der Waals surface area (Å²) >= 11 is 0. The van der Waals surface area contributed by atoms with Gasteiger partial charge in [-0.05, 0) is 50.2 Å². The van der Waals surface area contributed by atoms with Crippen LogP contribution in [0.4, 0.5) is 10.1 Å². The zero-order chi connectivity index (χ0) is 21.4. The number of carbonyl (C=O) groups excluding carboxylic acids is 2. The van der Waals surface area contributed by atoms with Crippen LogP contribution < -0.4 is 20.1 Å². The molecule has 0 radical (unpaired) electrons. The first kappa shape index (κ1) is 22.3. The third kappa shape index (κ3) is 6.54. The van der Waals surface area contributed by atoms with Gasteiger partial charge in [0.25, 0.3) is 0 Å². The zero-order valence-electron chi connectivity index (χ0n) is 15.9. The summed E-state index contributed by atoms with van der Waals surface area (Å²) in [4.78, 5) is 23.5. The maximum Gasteiger partial charge on any atom is 0.244 e. The van der Waals surface area contributed by atoms with E-state index in [2.05, 4.69) is 15.4 Å². The van der Waals surface area contributed by atoms with Gasteiger partial charge in [-0.15, -0.1) is 0 Å². The van der Waals surface area contributed by atoms with E-state index in [4.69, 9.17) is 4.74 Å². The highest BCUT2D eigenvalue weighted by atomic mass is 32.2. The van der Waals surface area contributed by atoms with Crippen LogP contribution in [0, 0.1) is 5.82 Å². The Morgan fingerprint density at radius 3 is 2.38 bits per heavy atom. The zero-order valence-corrected chi connectivity index (χ0v) is 16.8. The van der Waals surface area contributed by atoms with Crippen molar-refractivity contribution in [3.63, 3.8) is 0 Å². The largest absolute Gasteiger partial charge is 0.494 e. The molecule has 0 fully saturated rings. The Morgan fingerprint density at radius 2 is 1.76 bits per heavy atom. The van der Waals surface area contributed by atoms with Crippen molar-refractivity contribution in [1.29, 1.82) is 0 Å². The van der Waals surface area contributed by atoms with Gasteiger partial charge in [0.15, 0.2) is 0 Å². The van der Waals surface area contributed by atoms with Gasteiger partial charge in [-0.3, -0.25) is 9.59 Å². The second kappa shape index (κ2) is 9.99. The summed E-state index contributed by atoms with van der Waals surface area (Å²) in [6.45, 7) is 3.31. The first-order chi connectivity index (χ1) is 13.7. The second-order valence-corrected chi connectivity index (χ2v) is 7.68. The molecule has 0 aliphatic rings. The standard InChI is InChI=1S/C19H22FN3O5S/c1-3-28-15-10-8-14(9-11-15)22-18(24)12-21-19(25)13(2)23-29(26,27)17-7-5-4-6-16(17)20/h4-11,13,23H,3,12H2,1-2H3,(H,21,25)(H,22,24)/t13-/m0/s1. The smallest absolute Gasteiger partial charge is 0.244 e. The van der Waals surface area contributed by atoms with Crippen LogP contribution >= 0.6 is 0 Å². The molecule has 2 aromatic rings. The number of halogens is 1. The minimum atomic E-state index is -4.23. The van der Waals surface area contributed by atoms with Crippen LogP contribution in [0.5, 0.6) is 5.75 Å². The molecule has 2 amide bonds. The van der Waals surface area contributed by atoms with Gasteiger partial charge in [-0.25, -0.2) is 12.8 Å². The fourth-order valence-electron chi connectivity index (χ4n) is 2.34. The monoisotopic (exact) mass is 423 g/mol. The summed E-state index contributed by atoms with van der Waals surface area (Å²) in [7, 11) is -4.23. The van der Waals surface area contributed by atoms with Crippen LogP contribution in [0.25, 0.3) is 0 Å². The van der Waals surface area contributed by atoms with Crippen LogP contribution in [-0.2, 0) is 19.6 Å². The number of amides is 2. The fraction of sp³-hybridized carbons (Fsp3) is 0.263. The Bertz CT molecular complexity index is 964. The van der Waals surface area contributed by atoms with Gasteiger partial charge in [0.2, 0.25) is 21.8 Å². The Morgan fingerprint density at radius 1 is 1.10 bits per heavy atom. The van der Waals surface area contributed by atoms with Gasteiger partial charge in [0, 0.05) is 5.69 Å². The lowest BCUT2D eigenvalue weighted by atomic mass is 10.3. The van der Waals surface area contributed by atoms with Crippen LogP contribution in [0.15, 0.2) is 53.4 Å². The van der Waals surface area contributed by atoms with Crippen molar-refractivity contribution in [1.82, 2.24) is 10.0 Å². The van der Waals surface area contributed by atoms with Crippen LogP contribution in [0.1, 0.15) is 13.8 Å². The van der Waals surface area contributed by atoms with Crippen molar-refractivity contribution in [2.45, 2.75) is 24.8 Å². The summed E-state index contributed by atoms with van der Waals surface area (Å²) < 4.78 is 45.5. The molecule has 0 unspecified atom stereocenters. The van der Waals surface area contributed by atoms with E-state index in [0.717, 1.165) is 12.1 Å². The number of ether oxygens (including phenoxy) is 1. The molecule has 2 rings (SSSR count). The second-order valence-electron chi connectivity index (χ2n) is 6.00. The number of benzene rings is 2. The Hall–Kier alpha value is -2.98. The Labute approximate surface area is 168 Å². The lowest BCUT2D eigenvalue weighted by Crippen LogP contribution is -2.46. The average Bonchev–Trinajstić information content (AvgIpc) is 2.67. The van der Waals surface area contributed by atoms with Crippen molar-refractivity contribution in [2.24, 2.45) is 0 Å². The molecule has 10 heteroatoms. The third-order valence-electron chi connectivity index (χ3n) is 3.72. The van der Waals surface area contributed by atoms with E-state index in [1.54, 1.807) is 24.3 Å². The average molecular weight is 423 g/mol. The summed E-state index contributed by atoms with van der Waals surface area (Å²) in [5.74, 6) is -1.49. The van der Waals surface area contributed by atoms with Gasteiger partial charge in [-0.1, -0.05) is 12.1 Å².